The maximum absolute atomic E-state index is 13.4. The molecule has 0 heterocycles. The van der Waals surface area contributed by atoms with Gasteiger partial charge in [-0.25, -0.2) is 4.39 Å². The van der Waals surface area contributed by atoms with E-state index in [-0.39, 0.29) is 5.82 Å². The van der Waals surface area contributed by atoms with Gasteiger partial charge in [-0.2, -0.15) is 0 Å². The Bertz CT molecular complexity index is 530. The first-order valence-electron chi connectivity index (χ1n) is 5.95. The summed E-state index contributed by atoms with van der Waals surface area (Å²) in [6.07, 6.45) is 0.0318. The van der Waals surface area contributed by atoms with E-state index in [9.17, 15) is 9.50 Å². The Morgan fingerprint density at radius 2 is 1.79 bits per heavy atom. The van der Waals surface area contributed by atoms with E-state index in [0.29, 0.717) is 22.1 Å². The quantitative estimate of drug-likeness (QED) is 0.836. The number of halogens is 2. The van der Waals surface area contributed by atoms with E-state index in [1.165, 1.54) is 17.8 Å². The molecule has 0 aliphatic heterocycles. The molecule has 19 heavy (non-hydrogen) atoms. The largest absolute Gasteiger partial charge is 0.392 e. The van der Waals surface area contributed by atoms with E-state index in [0.717, 1.165) is 5.56 Å². The zero-order valence-corrected chi connectivity index (χ0v) is 11.8. The summed E-state index contributed by atoms with van der Waals surface area (Å²) in [4.78, 5) is 0.567. The van der Waals surface area contributed by atoms with E-state index in [1.807, 2.05) is 12.1 Å². The van der Waals surface area contributed by atoms with Gasteiger partial charge < -0.3 is 5.11 Å². The Hall–Kier alpha value is -1.03. The molecule has 4 heteroatoms. The SMILES string of the molecule is OC(CSc1ccccc1F)Cc1ccc(Cl)cc1. The molecule has 2 aromatic rings. The van der Waals surface area contributed by atoms with Crippen LogP contribution >= 0.6 is 23.4 Å². The maximum atomic E-state index is 13.4. The smallest absolute Gasteiger partial charge is 0.136 e. The molecule has 0 aliphatic carbocycles. The summed E-state index contributed by atoms with van der Waals surface area (Å²) in [5, 5.41) is 10.6. The molecule has 0 saturated carbocycles. The molecule has 100 valence electrons. The minimum absolute atomic E-state index is 0.244. The first-order chi connectivity index (χ1) is 9.15. The summed E-state index contributed by atoms with van der Waals surface area (Å²) in [6, 6.07) is 14.0. The van der Waals surface area contributed by atoms with Crippen LogP contribution in [0.2, 0.25) is 5.02 Å². The van der Waals surface area contributed by atoms with Crippen LogP contribution in [0.5, 0.6) is 0 Å². The highest BCUT2D eigenvalue weighted by molar-refractivity contribution is 7.99. The summed E-state index contributed by atoms with van der Waals surface area (Å²) in [7, 11) is 0. The molecule has 0 amide bonds. The van der Waals surface area contributed by atoms with Gasteiger partial charge in [0.05, 0.1) is 6.10 Å². The first-order valence-corrected chi connectivity index (χ1v) is 7.31. The van der Waals surface area contributed by atoms with Crippen LogP contribution in [0.1, 0.15) is 5.56 Å². The van der Waals surface area contributed by atoms with Gasteiger partial charge in [0.25, 0.3) is 0 Å². The minimum Gasteiger partial charge on any atom is -0.392 e. The van der Waals surface area contributed by atoms with Crippen molar-refractivity contribution in [1.82, 2.24) is 0 Å². The van der Waals surface area contributed by atoms with E-state index in [1.54, 1.807) is 30.3 Å². The molecular weight excluding hydrogens is 283 g/mol. The van der Waals surface area contributed by atoms with Crippen molar-refractivity contribution in [2.24, 2.45) is 0 Å². The Morgan fingerprint density at radius 3 is 2.47 bits per heavy atom. The monoisotopic (exact) mass is 296 g/mol. The fourth-order valence-electron chi connectivity index (χ4n) is 1.70. The molecule has 1 N–H and O–H groups in total. The van der Waals surface area contributed by atoms with E-state index >= 15 is 0 Å². The predicted molar refractivity (Wildman–Crippen MR) is 78.3 cm³/mol. The second-order valence-corrected chi connectivity index (χ2v) is 5.72. The average Bonchev–Trinajstić information content (AvgIpc) is 2.40. The lowest BCUT2D eigenvalue weighted by Gasteiger charge is -2.10. The molecule has 0 saturated heterocycles. The van der Waals surface area contributed by atoms with Crippen LogP contribution in [0.15, 0.2) is 53.4 Å². The number of hydrogen-bond donors (Lipinski definition) is 1. The topological polar surface area (TPSA) is 20.2 Å². The van der Waals surface area contributed by atoms with Crippen molar-refractivity contribution in [1.29, 1.82) is 0 Å². The van der Waals surface area contributed by atoms with E-state index in [4.69, 9.17) is 11.6 Å². The lowest BCUT2D eigenvalue weighted by molar-refractivity contribution is 0.200. The van der Waals surface area contributed by atoms with Gasteiger partial charge in [-0.05, 0) is 36.2 Å². The van der Waals surface area contributed by atoms with Gasteiger partial charge in [-0.15, -0.1) is 11.8 Å². The Balaban J connectivity index is 1.86. The van der Waals surface area contributed by atoms with Gasteiger partial charge in [0, 0.05) is 15.7 Å². The molecule has 0 aliphatic rings. The van der Waals surface area contributed by atoms with Crippen molar-refractivity contribution in [3.8, 4) is 0 Å². The summed E-state index contributed by atoms with van der Waals surface area (Å²) >= 11 is 7.13. The third kappa shape index (κ3) is 4.53. The molecule has 1 unspecified atom stereocenters. The number of aliphatic hydroxyl groups excluding tert-OH is 1. The Kier molecular flexibility index (Phi) is 5.25. The second-order valence-electron chi connectivity index (χ2n) is 4.23. The highest BCUT2D eigenvalue weighted by Gasteiger charge is 2.08. The van der Waals surface area contributed by atoms with Crippen molar-refractivity contribution < 1.29 is 9.50 Å². The Morgan fingerprint density at radius 1 is 1.11 bits per heavy atom. The molecule has 1 atom stereocenters. The molecule has 0 fully saturated rings. The zero-order valence-electron chi connectivity index (χ0n) is 10.2. The summed E-state index contributed by atoms with van der Waals surface area (Å²) in [5.74, 6) is 0.218. The number of rotatable bonds is 5. The van der Waals surface area contributed by atoms with Crippen LogP contribution in [-0.4, -0.2) is 17.0 Å². The Labute approximate surface area is 121 Å². The molecule has 1 nitrogen and oxygen atoms in total. The van der Waals surface area contributed by atoms with Gasteiger partial charge in [0.15, 0.2) is 0 Å². The third-order valence-corrected chi connectivity index (χ3v) is 4.10. The van der Waals surface area contributed by atoms with Crippen LogP contribution < -0.4 is 0 Å². The second kappa shape index (κ2) is 6.94. The summed E-state index contributed by atoms with van der Waals surface area (Å²) in [5.41, 5.74) is 1.02. The number of benzene rings is 2. The highest BCUT2D eigenvalue weighted by atomic mass is 35.5. The van der Waals surface area contributed by atoms with Crippen LogP contribution in [0.4, 0.5) is 4.39 Å². The zero-order chi connectivity index (χ0) is 13.7. The van der Waals surface area contributed by atoms with Crippen LogP contribution in [0.25, 0.3) is 0 Å². The van der Waals surface area contributed by atoms with Crippen molar-refractivity contribution >= 4 is 23.4 Å². The fourth-order valence-corrected chi connectivity index (χ4v) is 2.70. The van der Waals surface area contributed by atoms with Gasteiger partial charge in [0.1, 0.15) is 5.82 Å². The fraction of sp³-hybridized carbons (Fsp3) is 0.200. The van der Waals surface area contributed by atoms with Crippen LogP contribution in [0, 0.1) is 5.82 Å². The van der Waals surface area contributed by atoms with E-state index in [2.05, 4.69) is 0 Å². The first kappa shape index (κ1) is 14.4. The normalized spacial score (nSPS) is 12.4. The molecule has 0 radical (unpaired) electrons. The van der Waals surface area contributed by atoms with Crippen LogP contribution in [-0.2, 0) is 6.42 Å². The van der Waals surface area contributed by atoms with Crippen molar-refractivity contribution in [2.75, 3.05) is 5.75 Å². The molecule has 0 aromatic heterocycles. The van der Waals surface area contributed by atoms with E-state index < -0.39 is 6.10 Å². The maximum Gasteiger partial charge on any atom is 0.136 e. The van der Waals surface area contributed by atoms with Gasteiger partial charge in [-0.1, -0.05) is 35.9 Å². The van der Waals surface area contributed by atoms with Crippen molar-refractivity contribution in [2.45, 2.75) is 17.4 Å². The van der Waals surface area contributed by atoms with Crippen LogP contribution in [0.3, 0.4) is 0 Å². The van der Waals surface area contributed by atoms with Gasteiger partial charge in [0.2, 0.25) is 0 Å². The molecule has 2 aromatic carbocycles. The molecule has 2 rings (SSSR count). The molecular formula is C15H14ClFOS. The van der Waals surface area contributed by atoms with Gasteiger partial charge in [-0.3, -0.25) is 0 Å². The number of aliphatic hydroxyl groups is 1. The summed E-state index contributed by atoms with van der Waals surface area (Å²) in [6.45, 7) is 0. The molecule has 0 spiro atoms. The number of hydrogen-bond acceptors (Lipinski definition) is 2. The lowest BCUT2D eigenvalue weighted by atomic mass is 10.1. The molecule has 0 bridgehead atoms. The van der Waals surface area contributed by atoms with Gasteiger partial charge >= 0.3 is 0 Å². The predicted octanol–water partition coefficient (Wildman–Crippen LogP) is 4.17. The lowest BCUT2D eigenvalue weighted by Crippen LogP contribution is -2.13. The third-order valence-electron chi connectivity index (χ3n) is 2.65. The number of thioether (sulfide) groups is 1. The average molecular weight is 297 g/mol. The highest BCUT2D eigenvalue weighted by Crippen LogP contribution is 2.22. The summed E-state index contributed by atoms with van der Waals surface area (Å²) < 4.78 is 13.4. The standard InChI is InChI=1S/C15H14ClFOS/c16-12-7-5-11(6-8-12)9-13(18)10-19-15-4-2-1-3-14(15)17/h1-8,13,18H,9-10H2. The minimum atomic E-state index is -0.509. The van der Waals surface area contributed by atoms with Crippen molar-refractivity contribution in [3.05, 3.63) is 64.9 Å². The van der Waals surface area contributed by atoms with Crippen molar-refractivity contribution in [3.63, 3.8) is 0 Å².